The minimum atomic E-state index is -0.900. The number of carbonyl (C=O) groups is 1. The highest BCUT2D eigenvalue weighted by Gasteiger charge is 2.25. The van der Waals surface area contributed by atoms with Crippen molar-refractivity contribution in [3.8, 4) is 23.0 Å². The average Bonchev–Trinajstić information content (AvgIpc) is 2.91. The number of hydrogen-bond acceptors (Lipinski definition) is 5. The Morgan fingerprint density at radius 1 is 0.902 bits per heavy atom. The van der Waals surface area contributed by atoms with Crippen LogP contribution in [0.1, 0.15) is 58.4 Å². The summed E-state index contributed by atoms with van der Waals surface area (Å²) in [7, 11) is 1.69. The van der Waals surface area contributed by atoms with Crippen molar-refractivity contribution in [3.05, 3.63) is 115 Å². The molecule has 0 aliphatic heterocycles. The molecule has 0 bridgehead atoms. The molecule has 4 aromatic rings. The third kappa shape index (κ3) is 7.87. The molecule has 0 aliphatic rings. The van der Waals surface area contributed by atoms with Gasteiger partial charge in [0.05, 0.1) is 27.7 Å². The Labute approximate surface area is 262 Å². The summed E-state index contributed by atoms with van der Waals surface area (Å²) in [5, 5.41) is 18.9. The van der Waals surface area contributed by atoms with Crippen molar-refractivity contribution < 1.29 is 24.5 Å². The van der Waals surface area contributed by atoms with E-state index in [1.165, 1.54) is 0 Å². The van der Waals surface area contributed by atoms with Crippen LogP contribution in [0.4, 0.5) is 0 Å². The number of aliphatic carboxylic acids is 1. The minimum Gasteiger partial charge on any atom is -0.508 e. The predicted octanol–water partition coefficient (Wildman–Crippen LogP) is 9.80. The molecule has 5 nitrogen and oxygen atoms in total. The first-order valence-electron chi connectivity index (χ1n) is 13.1. The number of halogens is 2. The van der Waals surface area contributed by atoms with Crippen LogP contribution in [0.3, 0.4) is 0 Å². The van der Waals surface area contributed by atoms with Crippen molar-refractivity contribution in [2.24, 2.45) is 0 Å². The molecule has 0 spiro atoms. The van der Waals surface area contributed by atoms with Crippen LogP contribution in [-0.2, 0) is 17.0 Å². The molecule has 0 radical (unpaired) electrons. The van der Waals surface area contributed by atoms with E-state index in [9.17, 15) is 15.0 Å². The van der Waals surface area contributed by atoms with Gasteiger partial charge in [-0.2, -0.15) is 0 Å². The largest absolute Gasteiger partial charge is 0.508 e. The van der Waals surface area contributed by atoms with Crippen LogP contribution in [0, 0.1) is 6.92 Å². The number of carboxylic acid groups (broad SMARTS) is 1. The highest BCUT2D eigenvalue weighted by molar-refractivity contribution is 9.11. The lowest BCUT2D eigenvalue weighted by molar-refractivity contribution is -0.136. The lowest BCUT2D eigenvalue weighted by Gasteiger charge is -2.25. The number of hydrogen-bond donors (Lipinski definition) is 2. The van der Waals surface area contributed by atoms with Crippen molar-refractivity contribution in [2.45, 2.75) is 44.1 Å². The van der Waals surface area contributed by atoms with Gasteiger partial charge in [0.25, 0.3) is 0 Å². The summed E-state index contributed by atoms with van der Waals surface area (Å²) in [4.78, 5) is 11.3. The van der Waals surface area contributed by atoms with Gasteiger partial charge in [-0.05, 0) is 97.8 Å². The van der Waals surface area contributed by atoms with E-state index < -0.39 is 5.97 Å². The van der Waals surface area contributed by atoms with Crippen molar-refractivity contribution in [1.82, 2.24) is 0 Å². The molecule has 0 aromatic heterocycles. The highest BCUT2D eigenvalue weighted by Crippen LogP contribution is 2.48. The van der Waals surface area contributed by atoms with E-state index in [0.29, 0.717) is 31.8 Å². The fraction of sp³-hybridized carbons (Fsp3) is 0.242. The van der Waals surface area contributed by atoms with E-state index in [4.69, 9.17) is 9.47 Å². The molecular formula is C33H32Br2O5S. The smallest absolute Gasteiger partial charge is 0.307 e. The summed E-state index contributed by atoms with van der Waals surface area (Å²) in [6.45, 7) is 6.31. The van der Waals surface area contributed by atoms with Crippen molar-refractivity contribution in [3.63, 3.8) is 0 Å². The Morgan fingerprint density at radius 3 is 2.15 bits per heavy atom. The maximum absolute atomic E-state index is 11.3. The molecule has 0 fully saturated rings. The predicted molar refractivity (Wildman–Crippen MR) is 173 cm³/mol. The Kier molecular flexibility index (Phi) is 10.4. The fourth-order valence-corrected chi connectivity index (χ4v) is 7.28. The zero-order valence-corrected chi connectivity index (χ0v) is 27.3. The van der Waals surface area contributed by atoms with E-state index in [-0.39, 0.29) is 23.3 Å². The molecule has 8 heteroatoms. The number of aryl methyl sites for hydroxylation is 1. The second-order valence-electron chi connectivity index (χ2n) is 10.1. The van der Waals surface area contributed by atoms with E-state index in [0.717, 1.165) is 33.6 Å². The summed E-state index contributed by atoms with van der Waals surface area (Å²) >= 11 is 8.98. The summed E-state index contributed by atoms with van der Waals surface area (Å²) in [6.07, 6.45) is -0.0912. The Bertz CT molecular complexity index is 1510. The van der Waals surface area contributed by atoms with Crippen LogP contribution >= 0.6 is 43.6 Å². The maximum Gasteiger partial charge on any atom is 0.307 e. The van der Waals surface area contributed by atoms with Crippen LogP contribution in [0.2, 0.25) is 0 Å². The Morgan fingerprint density at radius 2 is 1.56 bits per heavy atom. The van der Waals surface area contributed by atoms with Gasteiger partial charge >= 0.3 is 5.97 Å². The van der Waals surface area contributed by atoms with Gasteiger partial charge in [-0.25, -0.2) is 0 Å². The first-order valence-corrected chi connectivity index (χ1v) is 15.7. The van der Waals surface area contributed by atoms with Crippen LogP contribution in [0.25, 0.3) is 0 Å². The molecule has 214 valence electrons. The minimum absolute atomic E-state index is 0.0912. The molecule has 0 amide bonds. The lowest BCUT2D eigenvalue weighted by Crippen LogP contribution is -2.05. The van der Waals surface area contributed by atoms with Crippen LogP contribution in [0.5, 0.6) is 23.0 Å². The fourth-order valence-electron chi connectivity index (χ4n) is 4.58. The number of aromatic hydroxyl groups is 1. The zero-order valence-electron chi connectivity index (χ0n) is 23.3. The van der Waals surface area contributed by atoms with Gasteiger partial charge in [0, 0.05) is 16.9 Å². The SMILES string of the molecule is COc1cc(C(SCc2ccc(O)cc2)c2cccc(C)c2)c(Oc2c(Br)cc(CC(=O)O)cc2Br)cc1C(C)C. The second-order valence-corrected chi connectivity index (χ2v) is 12.9. The van der Waals surface area contributed by atoms with Crippen LogP contribution < -0.4 is 9.47 Å². The van der Waals surface area contributed by atoms with Gasteiger partial charge in [-0.3, -0.25) is 4.79 Å². The molecule has 4 aromatic carbocycles. The topological polar surface area (TPSA) is 76.0 Å². The monoisotopic (exact) mass is 698 g/mol. The normalized spacial score (nSPS) is 11.9. The standard InChI is InChI=1S/C33H32Br2O5S/c1-19(2)25-16-30(40-32-27(34)13-22(14-28(32)35)15-31(37)38)26(17-29(25)39-4)33(23-7-5-6-20(3)12-23)41-18-21-8-10-24(36)11-9-21/h5-14,16-17,19,33,36H,15,18H2,1-4H3,(H,37,38). The van der Waals surface area contributed by atoms with E-state index in [1.807, 2.05) is 18.2 Å². The number of methoxy groups -OCH3 is 1. The highest BCUT2D eigenvalue weighted by atomic mass is 79.9. The summed E-state index contributed by atoms with van der Waals surface area (Å²) in [6, 6.07) is 23.4. The van der Waals surface area contributed by atoms with Gasteiger partial charge in [-0.1, -0.05) is 55.8 Å². The third-order valence-electron chi connectivity index (χ3n) is 6.59. The molecule has 4 rings (SSSR count). The van der Waals surface area contributed by atoms with E-state index >= 15 is 0 Å². The molecule has 1 atom stereocenters. The van der Waals surface area contributed by atoms with Gasteiger partial charge in [0.2, 0.25) is 0 Å². The number of phenols is 1. The van der Waals surface area contributed by atoms with Crippen LogP contribution in [0.15, 0.2) is 81.7 Å². The lowest BCUT2D eigenvalue weighted by atomic mass is 9.95. The molecule has 1 unspecified atom stereocenters. The second kappa shape index (κ2) is 13.8. The van der Waals surface area contributed by atoms with E-state index in [2.05, 4.69) is 83.0 Å². The molecule has 0 saturated heterocycles. The van der Waals surface area contributed by atoms with Crippen LogP contribution in [-0.4, -0.2) is 23.3 Å². The molecule has 0 heterocycles. The molecule has 2 N–H and O–H groups in total. The summed E-state index contributed by atoms with van der Waals surface area (Å²) in [5.74, 6) is 2.28. The zero-order chi connectivity index (χ0) is 29.7. The Balaban J connectivity index is 1.85. The third-order valence-corrected chi connectivity index (χ3v) is 9.13. The average molecular weight is 700 g/mol. The summed E-state index contributed by atoms with van der Waals surface area (Å²) < 4.78 is 13.9. The summed E-state index contributed by atoms with van der Waals surface area (Å²) in [5.41, 5.74) is 6.02. The first-order chi connectivity index (χ1) is 19.5. The number of benzene rings is 4. The quantitative estimate of drug-likeness (QED) is 0.162. The van der Waals surface area contributed by atoms with Crippen molar-refractivity contribution >= 4 is 49.6 Å². The van der Waals surface area contributed by atoms with Crippen molar-refractivity contribution in [2.75, 3.05) is 7.11 Å². The van der Waals surface area contributed by atoms with Gasteiger partial charge < -0.3 is 19.7 Å². The molecule has 41 heavy (non-hydrogen) atoms. The maximum atomic E-state index is 11.3. The molecule has 0 aliphatic carbocycles. The number of carboxylic acids is 1. The van der Waals surface area contributed by atoms with Gasteiger partial charge in [0.15, 0.2) is 5.75 Å². The van der Waals surface area contributed by atoms with Crippen molar-refractivity contribution in [1.29, 1.82) is 0 Å². The molecule has 0 saturated carbocycles. The Hall–Kier alpha value is -2.94. The number of ether oxygens (including phenoxy) is 2. The van der Waals surface area contributed by atoms with E-state index in [1.54, 1.807) is 43.1 Å². The number of thioether (sulfide) groups is 1. The van der Waals surface area contributed by atoms with Gasteiger partial charge in [0.1, 0.15) is 17.2 Å². The molecular weight excluding hydrogens is 668 g/mol. The van der Waals surface area contributed by atoms with Gasteiger partial charge in [-0.15, -0.1) is 11.8 Å². The number of rotatable bonds is 11. The first kappa shape index (κ1) is 31.0. The number of phenolic OH excluding ortho intramolecular Hbond substituents is 1.